The van der Waals surface area contributed by atoms with Crippen LogP contribution in [0.25, 0.3) is 0 Å². The number of hydrogen-bond donors (Lipinski definition) is 1. The SMILES string of the molecule is O=C(O)C1=CC(Cl)N(c2cc(C(F)(F)F)ccc2N2CCC3CCCCC3C2)C=C1. The summed E-state index contributed by atoms with van der Waals surface area (Å²) in [5, 5.41) is 9.18. The van der Waals surface area contributed by atoms with Gasteiger partial charge >= 0.3 is 12.1 Å². The second-order valence-electron chi connectivity index (χ2n) is 8.26. The Bertz CT molecular complexity index is 884. The van der Waals surface area contributed by atoms with Gasteiger partial charge in [-0.25, -0.2) is 4.79 Å². The van der Waals surface area contributed by atoms with Gasteiger partial charge in [0.1, 0.15) is 5.50 Å². The van der Waals surface area contributed by atoms with Crippen molar-refractivity contribution < 1.29 is 23.1 Å². The number of fused-ring (bicyclic) bond motifs is 1. The lowest BCUT2D eigenvalue weighted by Crippen LogP contribution is -2.42. The first-order valence-corrected chi connectivity index (χ1v) is 10.7. The highest BCUT2D eigenvalue weighted by molar-refractivity contribution is 6.24. The Morgan fingerprint density at radius 2 is 1.83 bits per heavy atom. The summed E-state index contributed by atoms with van der Waals surface area (Å²) in [5.74, 6) is 0.134. The van der Waals surface area contributed by atoms with Gasteiger partial charge in [-0.3, -0.25) is 0 Å². The lowest BCUT2D eigenvalue weighted by atomic mass is 9.75. The molecule has 3 unspecified atom stereocenters. The second-order valence-corrected chi connectivity index (χ2v) is 8.71. The maximum atomic E-state index is 13.4. The molecule has 162 valence electrons. The monoisotopic (exact) mass is 440 g/mol. The van der Waals surface area contributed by atoms with Crippen LogP contribution in [-0.4, -0.2) is 29.7 Å². The van der Waals surface area contributed by atoms with Crippen molar-refractivity contribution in [3.63, 3.8) is 0 Å². The fourth-order valence-corrected chi connectivity index (χ4v) is 5.18. The lowest BCUT2D eigenvalue weighted by molar-refractivity contribution is -0.137. The molecule has 0 amide bonds. The number of carboxylic acids is 1. The molecule has 0 aromatic heterocycles. The Balaban J connectivity index is 1.69. The Labute approximate surface area is 178 Å². The van der Waals surface area contributed by atoms with Crippen LogP contribution in [-0.2, 0) is 11.0 Å². The number of anilines is 2. The average Bonchev–Trinajstić information content (AvgIpc) is 2.72. The minimum Gasteiger partial charge on any atom is -0.478 e. The largest absolute Gasteiger partial charge is 0.478 e. The molecule has 2 aliphatic heterocycles. The van der Waals surface area contributed by atoms with Gasteiger partial charge in [0, 0.05) is 19.3 Å². The minimum atomic E-state index is -4.48. The van der Waals surface area contributed by atoms with Crippen LogP contribution >= 0.6 is 11.6 Å². The lowest BCUT2D eigenvalue weighted by Gasteiger charge is -2.43. The molecule has 0 bridgehead atoms. The maximum absolute atomic E-state index is 13.4. The first kappa shape index (κ1) is 21.1. The number of carboxylic acid groups (broad SMARTS) is 1. The van der Waals surface area contributed by atoms with Crippen LogP contribution in [0.5, 0.6) is 0 Å². The van der Waals surface area contributed by atoms with Gasteiger partial charge in [0.05, 0.1) is 22.5 Å². The number of halogens is 4. The summed E-state index contributed by atoms with van der Waals surface area (Å²) < 4.78 is 40.3. The highest BCUT2D eigenvalue weighted by Crippen LogP contribution is 2.43. The number of rotatable bonds is 3. The molecule has 3 aliphatic rings. The van der Waals surface area contributed by atoms with Gasteiger partial charge in [0.2, 0.25) is 0 Å². The van der Waals surface area contributed by atoms with Gasteiger partial charge in [0.15, 0.2) is 0 Å². The molecule has 0 radical (unpaired) electrons. The summed E-state index contributed by atoms with van der Waals surface area (Å²) in [6, 6.07) is 3.75. The number of aliphatic carboxylic acids is 1. The summed E-state index contributed by atoms with van der Waals surface area (Å²) in [4.78, 5) is 14.9. The van der Waals surface area contributed by atoms with Gasteiger partial charge in [-0.15, -0.1) is 0 Å². The Kier molecular flexibility index (Phi) is 5.75. The molecule has 4 nitrogen and oxygen atoms in total. The van der Waals surface area contributed by atoms with E-state index in [1.807, 2.05) is 0 Å². The van der Waals surface area contributed by atoms with E-state index in [0.29, 0.717) is 23.2 Å². The summed E-state index contributed by atoms with van der Waals surface area (Å²) in [5.41, 5.74) is -0.581. The van der Waals surface area contributed by atoms with Gasteiger partial charge in [-0.05, 0) is 55.0 Å². The Morgan fingerprint density at radius 1 is 1.10 bits per heavy atom. The van der Waals surface area contributed by atoms with E-state index in [9.17, 15) is 23.1 Å². The molecule has 8 heteroatoms. The van der Waals surface area contributed by atoms with Crippen molar-refractivity contribution in [1.82, 2.24) is 0 Å². The molecule has 30 heavy (non-hydrogen) atoms. The third kappa shape index (κ3) is 4.17. The third-order valence-electron chi connectivity index (χ3n) is 6.46. The van der Waals surface area contributed by atoms with Crippen molar-refractivity contribution in [1.29, 1.82) is 0 Å². The summed E-state index contributed by atoms with van der Waals surface area (Å²) in [7, 11) is 0. The zero-order valence-electron chi connectivity index (χ0n) is 16.4. The maximum Gasteiger partial charge on any atom is 0.416 e. The van der Waals surface area contributed by atoms with E-state index in [4.69, 9.17) is 11.6 Å². The third-order valence-corrected chi connectivity index (χ3v) is 6.79. The fourth-order valence-electron chi connectivity index (χ4n) is 4.88. The van der Waals surface area contributed by atoms with E-state index in [2.05, 4.69) is 4.90 Å². The van der Waals surface area contributed by atoms with Crippen LogP contribution in [0, 0.1) is 11.8 Å². The highest BCUT2D eigenvalue weighted by atomic mass is 35.5. The minimum absolute atomic E-state index is 0.0165. The molecule has 1 aromatic carbocycles. The zero-order chi connectivity index (χ0) is 21.5. The molecule has 2 heterocycles. The van der Waals surface area contributed by atoms with E-state index in [1.165, 1.54) is 48.6 Å². The summed E-state index contributed by atoms with van der Waals surface area (Å²) >= 11 is 6.38. The van der Waals surface area contributed by atoms with Crippen LogP contribution in [0.4, 0.5) is 24.5 Å². The van der Waals surface area contributed by atoms with E-state index in [0.717, 1.165) is 38.1 Å². The number of hydrogen-bond acceptors (Lipinski definition) is 3. The van der Waals surface area contributed by atoms with Crippen molar-refractivity contribution in [3.05, 3.63) is 47.7 Å². The molecule has 3 atom stereocenters. The van der Waals surface area contributed by atoms with Gasteiger partial charge in [-0.1, -0.05) is 30.9 Å². The normalized spacial score (nSPS) is 26.9. The molecule has 1 saturated heterocycles. The van der Waals surface area contributed by atoms with Crippen LogP contribution in [0.2, 0.25) is 0 Å². The predicted octanol–water partition coefficient (Wildman–Crippen LogP) is 5.63. The summed E-state index contributed by atoms with van der Waals surface area (Å²) in [6.45, 7) is 1.62. The van der Waals surface area contributed by atoms with E-state index in [1.54, 1.807) is 0 Å². The van der Waals surface area contributed by atoms with Crippen molar-refractivity contribution in [2.24, 2.45) is 11.8 Å². The predicted molar refractivity (Wildman–Crippen MR) is 111 cm³/mol. The molecule has 2 fully saturated rings. The van der Waals surface area contributed by atoms with Crippen LogP contribution < -0.4 is 9.80 Å². The highest BCUT2D eigenvalue weighted by Gasteiger charge is 2.35. The first-order chi connectivity index (χ1) is 14.2. The quantitative estimate of drug-likeness (QED) is 0.488. The number of piperidine rings is 1. The van der Waals surface area contributed by atoms with Crippen molar-refractivity contribution in [3.8, 4) is 0 Å². The molecular weight excluding hydrogens is 417 g/mol. The molecule has 1 N–H and O–H groups in total. The number of alkyl halides is 4. The van der Waals surface area contributed by atoms with Crippen LogP contribution in [0.15, 0.2) is 42.1 Å². The van der Waals surface area contributed by atoms with Gasteiger partial charge < -0.3 is 14.9 Å². The average molecular weight is 441 g/mol. The van der Waals surface area contributed by atoms with E-state index < -0.39 is 23.2 Å². The number of benzene rings is 1. The molecule has 4 rings (SSSR count). The van der Waals surface area contributed by atoms with Crippen LogP contribution in [0.3, 0.4) is 0 Å². The molecule has 1 saturated carbocycles. The van der Waals surface area contributed by atoms with E-state index >= 15 is 0 Å². The first-order valence-electron chi connectivity index (χ1n) is 10.3. The van der Waals surface area contributed by atoms with Gasteiger partial charge in [-0.2, -0.15) is 13.2 Å². The smallest absolute Gasteiger partial charge is 0.416 e. The van der Waals surface area contributed by atoms with Crippen molar-refractivity contribution in [2.45, 2.75) is 43.8 Å². The second kappa shape index (κ2) is 8.17. The van der Waals surface area contributed by atoms with Crippen LogP contribution in [0.1, 0.15) is 37.7 Å². The van der Waals surface area contributed by atoms with Gasteiger partial charge in [0.25, 0.3) is 0 Å². The van der Waals surface area contributed by atoms with E-state index in [-0.39, 0.29) is 5.57 Å². The Hall–Kier alpha value is -2.15. The number of nitrogens with zero attached hydrogens (tertiary/aromatic N) is 2. The summed E-state index contributed by atoms with van der Waals surface area (Å²) in [6.07, 6.45) is 5.56. The molecule has 1 aliphatic carbocycles. The Morgan fingerprint density at radius 3 is 2.50 bits per heavy atom. The number of carbonyl (C=O) groups is 1. The zero-order valence-corrected chi connectivity index (χ0v) is 17.2. The van der Waals surface area contributed by atoms with Crippen molar-refractivity contribution in [2.75, 3.05) is 22.9 Å². The molecular formula is C22H24ClF3N2O2. The standard InChI is InChI=1S/C22H24ClF3N2O2/c23-20-11-15(21(29)30)8-10-28(20)19-12-17(22(24,25)26)5-6-18(19)27-9-7-14-3-1-2-4-16(14)13-27/h5-6,8,10-12,14,16,20H,1-4,7,9,13H2,(H,29,30). The van der Waals surface area contributed by atoms with Crippen molar-refractivity contribution >= 4 is 28.9 Å². The fraction of sp³-hybridized carbons (Fsp3) is 0.500. The topological polar surface area (TPSA) is 43.8 Å². The molecule has 1 aromatic rings. The molecule has 0 spiro atoms.